The van der Waals surface area contributed by atoms with Crippen molar-refractivity contribution in [3.05, 3.63) is 18.2 Å². The average Bonchev–Trinajstić information content (AvgIpc) is 2.96. The third-order valence-electron chi connectivity index (χ3n) is 4.00. The van der Waals surface area contributed by atoms with E-state index in [1.165, 1.54) is 0 Å². The summed E-state index contributed by atoms with van der Waals surface area (Å²) in [6, 6.07) is 5.60. The summed E-state index contributed by atoms with van der Waals surface area (Å²) in [6.45, 7) is 8.97. The predicted octanol–water partition coefficient (Wildman–Crippen LogP) is 2.86. The molecule has 0 saturated carbocycles. The van der Waals surface area contributed by atoms with Gasteiger partial charge in [0.2, 0.25) is 0 Å². The Labute approximate surface area is 125 Å². The molecule has 1 aromatic carbocycles. The number of ether oxygens (including phenoxy) is 1. The lowest BCUT2D eigenvalue weighted by Gasteiger charge is -2.27. The van der Waals surface area contributed by atoms with Crippen molar-refractivity contribution in [2.45, 2.75) is 46.1 Å². The molecule has 0 radical (unpaired) electrons. The van der Waals surface area contributed by atoms with Gasteiger partial charge in [0.25, 0.3) is 0 Å². The second-order valence-electron chi connectivity index (χ2n) is 5.34. The van der Waals surface area contributed by atoms with Crippen molar-refractivity contribution in [2.75, 3.05) is 12.3 Å². The van der Waals surface area contributed by atoms with Gasteiger partial charge in [-0.1, -0.05) is 13.8 Å². The monoisotopic (exact) mass is 289 g/mol. The van der Waals surface area contributed by atoms with Crippen LogP contribution in [0.2, 0.25) is 0 Å². The second kappa shape index (κ2) is 6.11. The van der Waals surface area contributed by atoms with Crippen molar-refractivity contribution in [3.8, 4) is 17.1 Å². The molecular formula is C15H23N5O. The predicted molar refractivity (Wildman–Crippen MR) is 83.1 cm³/mol. The molecule has 0 amide bonds. The first-order valence-electron chi connectivity index (χ1n) is 7.36. The molecule has 2 N–H and O–H groups in total. The van der Waals surface area contributed by atoms with Gasteiger partial charge in [-0.25, -0.2) is 4.68 Å². The number of aromatic nitrogens is 4. The summed E-state index contributed by atoms with van der Waals surface area (Å²) < 4.78 is 7.43. The Morgan fingerprint density at radius 3 is 2.52 bits per heavy atom. The third kappa shape index (κ3) is 2.99. The minimum Gasteiger partial charge on any atom is -0.494 e. The minimum absolute atomic E-state index is 0.116. The highest BCUT2D eigenvalue weighted by molar-refractivity contribution is 5.64. The van der Waals surface area contributed by atoms with Crippen molar-refractivity contribution in [1.82, 2.24) is 20.2 Å². The van der Waals surface area contributed by atoms with Crippen LogP contribution < -0.4 is 10.5 Å². The number of nitrogen functional groups attached to an aromatic ring is 1. The van der Waals surface area contributed by atoms with Crippen LogP contribution in [0.5, 0.6) is 5.75 Å². The Bertz CT molecular complexity index is 604. The molecular weight excluding hydrogens is 266 g/mol. The molecule has 0 spiro atoms. The Balaban J connectivity index is 2.51. The van der Waals surface area contributed by atoms with E-state index in [0.29, 0.717) is 12.3 Å². The molecule has 0 aliphatic heterocycles. The largest absolute Gasteiger partial charge is 0.494 e. The number of hydrogen-bond donors (Lipinski definition) is 1. The molecule has 2 aromatic rings. The van der Waals surface area contributed by atoms with Crippen LogP contribution in [0.4, 0.5) is 5.69 Å². The number of nitrogens with zero attached hydrogens (tertiary/aromatic N) is 4. The van der Waals surface area contributed by atoms with Gasteiger partial charge in [-0.2, -0.15) is 0 Å². The van der Waals surface area contributed by atoms with Crippen LogP contribution in [0.15, 0.2) is 18.2 Å². The van der Waals surface area contributed by atoms with Crippen molar-refractivity contribution in [3.63, 3.8) is 0 Å². The molecule has 0 unspecified atom stereocenters. The van der Waals surface area contributed by atoms with E-state index in [0.717, 1.165) is 30.0 Å². The molecule has 21 heavy (non-hydrogen) atoms. The maximum Gasteiger partial charge on any atom is 0.182 e. The molecule has 6 heteroatoms. The lowest BCUT2D eigenvalue weighted by molar-refractivity contribution is 0.262. The van der Waals surface area contributed by atoms with Gasteiger partial charge in [-0.3, -0.25) is 0 Å². The number of benzene rings is 1. The van der Waals surface area contributed by atoms with E-state index in [9.17, 15) is 0 Å². The van der Waals surface area contributed by atoms with Crippen molar-refractivity contribution in [2.24, 2.45) is 0 Å². The van der Waals surface area contributed by atoms with Gasteiger partial charge in [-0.05, 0) is 49.2 Å². The standard InChI is InChI=1S/C15H23N5O/c1-5-15(4,6-2)20-14(17-18-19-20)11-8-12(16)10-13(9-11)21-7-3/h8-10H,5-7,16H2,1-4H3. The molecule has 0 atom stereocenters. The fourth-order valence-corrected chi connectivity index (χ4v) is 2.28. The van der Waals surface area contributed by atoms with Gasteiger partial charge >= 0.3 is 0 Å². The zero-order valence-electron chi connectivity index (χ0n) is 13.1. The Kier molecular flexibility index (Phi) is 4.45. The van der Waals surface area contributed by atoms with E-state index in [1.54, 1.807) is 6.07 Å². The highest BCUT2D eigenvalue weighted by Gasteiger charge is 2.27. The number of rotatable bonds is 6. The fourth-order valence-electron chi connectivity index (χ4n) is 2.28. The van der Waals surface area contributed by atoms with Crippen LogP contribution in [0.1, 0.15) is 40.5 Å². The van der Waals surface area contributed by atoms with Crippen molar-refractivity contribution < 1.29 is 4.74 Å². The molecule has 0 saturated heterocycles. The molecule has 0 aliphatic rings. The Morgan fingerprint density at radius 2 is 1.90 bits per heavy atom. The molecule has 114 valence electrons. The normalized spacial score (nSPS) is 11.6. The lowest BCUT2D eigenvalue weighted by atomic mass is 9.95. The molecule has 0 bridgehead atoms. The topological polar surface area (TPSA) is 78.8 Å². The van der Waals surface area contributed by atoms with Crippen LogP contribution in [0, 0.1) is 0 Å². The summed E-state index contributed by atoms with van der Waals surface area (Å²) in [5, 5.41) is 12.2. The van der Waals surface area contributed by atoms with Crippen LogP contribution in [-0.4, -0.2) is 26.8 Å². The zero-order chi connectivity index (χ0) is 15.5. The lowest BCUT2D eigenvalue weighted by Crippen LogP contribution is -2.30. The van der Waals surface area contributed by atoms with Gasteiger partial charge in [0.05, 0.1) is 12.1 Å². The summed E-state index contributed by atoms with van der Waals surface area (Å²) in [5.74, 6) is 1.45. The van der Waals surface area contributed by atoms with Crippen LogP contribution in [-0.2, 0) is 5.54 Å². The van der Waals surface area contributed by atoms with E-state index in [-0.39, 0.29) is 5.54 Å². The Morgan fingerprint density at radius 1 is 1.19 bits per heavy atom. The maximum absolute atomic E-state index is 5.96. The van der Waals surface area contributed by atoms with Crippen molar-refractivity contribution >= 4 is 5.69 Å². The molecule has 0 fully saturated rings. The smallest absolute Gasteiger partial charge is 0.182 e. The fraction of sp³-hybridized carbons (Fsp3) is 0.533. The summed E-state index contributed by atoms with van der Waals surface area (Å²) >= 11 is 0. The van der Waals surface area contributed by atoms with E-state index in [4.69, 9.17) is 10.5 Å². The van der Waals surface area contributed by atoms with Crippen molar-refractivity contribution in [1.29, 1.82) is 0 Å². The van der Waals surface area contributed by atoms with Gasteiger partial charge < -0.3 is 10.5 Å². The first-order chi connectivity index (χ1) is 10.0. The first-order valence-corrected chi connectivity index (χ1v) is 7.36. The molecule has 1 heterocycles. The van der Waals surface area contributed by atoms with Gasteiger partial charge in [0, 0.05) is 17.3 Å². The van der Waals surface area contributed by atoms with Crippen LogP contribution in [0.25, 0.3) is 11.4 Å². The zero-order valence-corrected chi connectivity index (χ0v) is 13.1. The van der Waals surface area contributed by atoms with Gasteiger partial charge in [0.1, 0.15) is 5.75 Å². The summed E-state index contributed by atoms with van der Waals surface area (Å²) in [5.41, 5.74) is 7.36. The van der Waals surface area contributed by atoms with Gasteiger partial charge in [0.15, 0.2) is 5.82 Å². The van der Waals surface area contributed by atoms with Crippen LogP contribution >= 0.6 is 0 Å². The first kappa shape index (κ1) is 15.3. The van der Waals surface area contributed by atoms with E-state index >= 15 is 0 Å². The number of nitrogens with two attached hydrogens (primary N) is 1. The number of anilines is 1. The number of hydrogen-bond acceptors (Lipinski definition) is 5. The molecule has 2 rings (SSSR count). The molecule has 1 aromatic heterocycles. The third-order valence-corrected chi connectivity index (χ3v) is 4.00. The van der Waals surface area contributed by atoms with Gasteiger partial charge in [-0.15, -0.1) is 5.10 Å². The molecule has 6 nitrogen and oxygen atoms in total. The van der Waals surface area contributed by atoms with E-state index in [2.05, 4.69) is 36.3 Å². The quantitative estimate of drug-likeness (QED) is 0.827. The van der Waals surface area contributed by atoms with E-state index in [1.807, 2.05) is 23.7 Å². The Hall–Kier alpha value is -2.11. The average molecular weight is 289 g/mol. The molecule has 0 aliphatic carbocycles. The highest BCUT2D eigenvalue weighted by atomic mass is 16.5. The summed E-state index contributed by atoms with van der Waals surface area (Å²) in [6.07, 6.45) is 1.89. The second-order valence-corrected chi connectivity index (χ2v) is 5.34. The maximum atomic E-state index is 5.96. The summed E-state index contributed by atoms with van der Waals surface area (Å²) in [7, 11) is 0. The summed E-state index contributed by atoms with van der Waals surface area (Å²) in [4.78, 5) is 0. The highest BCUT2D eigenvalue weighted by Crippen LogP contribution is 2.31. The number of tetrazole rings is 1. The SMILES string of the molecule is CCOc1cc(N)cc(-c2nnnn2C(C)(CC)CC)c1. The van der Waals surface area contributed by atoms with E-state index < -0.39 is 0 Å². The minimum atomic E-state index is -0.116. The van der Waals surface area contributed by atoms with Crippen LogP contribution in [0.3, 0.4) is 0 Å².